The van der Waals surface area contributed by atoms with Crippen LogP contribution in [0.25, 0.3) is 10.2 Å². The number of benzene rings is 1. The summed E-state index contributed by atoms with van der Waals surface area (Å²) in [5, 5.41) is 11.5. The van der Waals surface area contributed by atoms with Crippen LogP contribution in [0.5, 0.6) is 11.5 Å². The Morgan fingerprint density at radius 3 is 2.52 bits per heavy atom. The fourth-order valence-electron chi connectivity index (χ4n) is 3.07. The number of thiophene rings is 1. The fourth-order valence-corrected chi connectivity index (χ4v) is 4.84. The molecule has 9 nitrogen and oxygen atoms in total. The molecule has 0 saturated carbocycles. The van der Waals surface area contributed by atoms with E-state index < -0.39 is 4.92 Å². The number of anilines is 1. The molecule has 1 aliphatic rings. The van der Waals surface area contributed by atoms with Crippen LogP contribution >= 0.6 is 22.7 Å². The quantitative estimate of drug-likeness (QED) is 0.359. The van der Waals surface area contributed by atoms with E-state index in [0.29, 0.717) is 41.3 Å². The summed E-state index contributed by atoms with van der Waals surface area (Å²) in [4.78, 5) is 32.4. The Morgan fingerprint density at radius 2 is 1.87 bits per heavy atom. The van der Waals surface area contributed by atoms with Gasteiger partial charge in [-0.25, -0.2) is 4.98 Å². The lowest BCUT2D eigenvalue weighted by Crippen LogP contribution is -3.00. The van der Waals surface area contributed by atoms with E-state index in [0.717, 1.165) is 34.5 Å². The topological polar surface area (TPSA) is 98.0 Å². The first-order valence-electron chi connectivity index (χ1n) is 9.33. The molecule has 0 atom stereocenters. The van der Waals surface area contributed by atoms with Crippen LogP contribution in [0.15, 0.2) is 24.3 Å². The van der Waals surface area contributed by atoms with E-state index >= 15 is 0 Å². The number of rotatable bonds is 7. The average molecular weight is 484 g/mol. The summed E-state index contributed by atoms with van der Waals surface area (Å²) < 4.78 is 12.2. The molecule has 31 heavy (non-hydrogen) atoms. The molecule has 0 unspecified atom stereocenters. The third-order valence-electron chi connectivity index (χ3n) is 4.49. The van der Waals surface area contributed by atoms with Gasteiger partial charge in [0.2, 0.25) is 0 Å². The number of ether oxygens (including phenoxy) is 2. The zero-order valence-corrected chi connectivity index (χ0v) is 19.3. The van der Waals surface area contributed by atoms with E-state index in [9.17, 15) is 14.9 Å². The van der Waals surface area contributed by atoms with Crippen molar-refractivity contribution in [2.24, 2.45) is 0 Å². The van der Waals surface area contributed by atoms with Gasteiger partial charge in [-0.2, -0.15) is 0 Å². The highest BCUT2D eigenvalue weighted by atomic mass is 35.5. The highest BCUT2D eigenvalue weighted by molar-refractivity contribution is 7.22. The molecule has 0 aliphatic carbocycles. The van der Waals surface area contributed by atoms with Crippen LogP contribution in [0.2, 0.25) is 0 Å². The molecule has 12 heteroatoms. The second kappa shape index (κ2) is 9.77. The van der Waals surface area contributed by atoms with Crippen LogP contribution in [0.3, 0.4) is 0 Å². The van der Waals surface area contributed by atoms with Crippen LogP contribution in [0.1, 0.15) is 16.1 Å². The monoisotopic (exact) mass is 483 g/mol. The zero-order valence-electron chi connectivity index (χ0n) is 16.9. The van der Waals surface area contributed by atoms with Gasteiger partial charge in [0, 0.05) is 24.7 Å². The van der Waals surface area contributed by atoms with Crippen LogP contribution < -0.4 is 26.8 Å². The first kappa shape index (κ1) is 23.2. The van der Waals surface area contributed by atoms with Crippen LogP contribution in [0, 0.1) is 10.1 Å². The van der Waals surface area contributed by atoms with Gasteiger partial charge in [0.05, 0.1) is 20.0 Å². The van der Waals surface area contributed by atoms with E-state index in [-0.39, 0.29) is 23.3 Å². The standard InChI is InChI=1S/C19H20N4O5S2.ClH/c1-21(2)6-3-7-22(18(24)15-4-5-17(29-15)23(25)26)19-20-12-10-13-14(11-16(12)30-19)28-9-8-27-13;/h4-5,10-11H,3,6-9H2,1-2H3;1H/p-1. The van der Waals surface area contributed by atoms with Gasteiger partial charge in [0.15, 0.2) is 16.6 Å². The summed E-state index contributed by atoms with van der Waals surface area (Å²) in [6.45, 7) is 2.24. The summed E-state index contributed by atoms with van der Waals surface area (Å²) >= 11 is 2.26. The summed E-state index contributed by atoms with van der Waals surface area (Å²) in [6, 6.07) is 6.56. The van der Waals surface area contributed by atoms with E-state index in [1.54, 1.807) is 4.90 Å². The minimum Gasteiger partial charge on any atom is -1.00 e. The zero-order chi connectivity index (χ0) is 21.3. The molecule has 0 fully saturated rings. The second-order valence-electron chi connectivity index (χ2n) is 6.97. The van der Waals surface area contributed by atoms with E-state index in [2.05, 4.69) is 4.98 Å². The minimum atomic E-state index is -0.486. The van der Waals surface area contributed by atoms with Crippen LogP contribution in [-0.2, 0) is 0 Å². The molecule has 0 bridgehead atoms. The predicted molar refractivity (Wildman–Crippen MR) is 116 cm³/mol. The molecule has 0 radical (unpaired) electrons. The van der Waals surface area contributed by atoms with E-state index in [1.165, 1.54) is 23.5 Å². The Balaban J connectivity index is 0.00000272. The molecule has 1 aromatic carbocycles. The molecule has 0 N–H and O–H groups in total. The maximum Gasteiger partial charge on any atom is 0.324 e. The number of hydrogen-bond donors (Lipinski definition) is 0. The Bertz CT molecular complexity index is 1060. The summed E-state index contributed by atoms with van der Waals surface area (Å²) in [5.41, 5.74) is 0.724. The van der Waals surface area contributed by atoms with Gasteiger partial charge < -0.3 is 26.8 Å². The maximum absolute atomic E-state index is 13.2. The van der Waals surface area contributed by atoms with Gasteiger partial charge >= 0.3 is 5.00 Å². The Labute approximate surface area is 192 Å². The third kappa shape index (κ3) is 5.06. The lowest BCUT2D eigenvalue weighted by atomic mass is 10.3. The van der Waals surface area contributed by atoms with Crippen molar-refractivity contribution in [3.05, 3.63) is 39.3 Å². The van der Waals surface area contributed by atoms with Crippen molar-refractivity contribution in [2.75, 3.05) is 45.3 Å². The second-order valence-corrected chi connectivity index (χ2v) is 9.04. The Morgan fingerprint density at radius 1 is 1.16 bits per heavy atom. The molecular weight excluding hydrogens is 464 g/mol. The summed E-state index contributed by atoms with van der Waals surface area (Å²) in [5.74, 6) is 1.02. The average Bonchev–Trinajstić information content (AvgIpc) is 3.35. The first-order chi connectivity index (χ1) is 14.4. The lowest BCUT2D eigenvalue weighted by molar-refractivity contribution is -0.380. The molecular formula is C19H20ClN4O5S2-. The smallest absolute Gasteiger partial charge is 0.324 e. The molecule has 0 spiro atoms. The van der Waals surface area contributed by atoms with Crippen molar-refractivity contribution in [3.8, 4) is 11.5 Å². The number of halogens is 1. The predicted octanol–water partition coefficient (Wildman–Crippen LogP) is 0.640. The highest BCUT2D eigenvalue weighted by Crippen LogP contribution is 2.39. The molecule has 166 valence electrons. The van der Waals surface area contributed by atoms with Crippen molar-refractivity contribution in [1.82, 2.24) is 9.88 Å². The number of hydrogen-bond acceptors (Lipinski definition) is 9. The molecule has 0 saturated heterocycles. The Hall–Kier alpha value is -2.47. The highest BCUT2D eigenvalue weighted by Gasteiger charge is 2.25. The lowest BCUT2D eigenvalue weighted by Gasteiger charge is -2.20. The first-order valence-corrected chi connectivity index (χ1v) is 11.0. The van der Waals surface area contributed by atoms with E-state index in [1.807, 2.05) is 31.1 Å². The number of carbonyl (C=O) groups is 1. The molecule has 4 rings (SSSR count). The van der Waals surface area contributed by atoms with Crippen LogP contribution in [-0.4, -0.2) is 61.1 Å². The normalized spacial score (nSPS) is 12.6. The molecule has 3 aromatic rings. The van der Waals surface area contributed by atoms with Gasteiger partial charge in [-0.15, -0.1) is 0 Å². The number of aromatic nitrogens is 1. The summed E-state index contributed by atoms with van der Waals surface area (Å²) in [7, 11) is 3.94. The van der Waals surface area contributed by atoms with Crippen molar-refractivity contribution >= 4 is 48.9 Å². The Kier molecular flexibility index (Phi) is 7.31. The molecule has 2 aromatic heterocycles. The molecule has 1 aliphatic heterocycles. The van der Waals surface area contributed by atoms with Crippen molar-refractivity contribution in [1.29, 1.82) is 0 Å². The number of nitro groups is 1. The van der Waals surface area contributed by atoms with Gasteiger partial charge in [-0.05, 0) is 33.1 Å². The third-order valence-corrected chi connectivity index (χ3v) is 6.55. The van der Waals surface area contributed by atoms with Gasteiger partial charge in [0.25, 0.3) is 5.91 Å². The number of fused-ring (bicyclic) bond motifs is 2. The number of carbonyl (C=O) groups excluding carboxylic acids is 1. The number of nitrogens with zero attached hydrogens (tertiary/aromatic N) is 4. The fraction of sp³-hybridized carbons (Fsp3) is 0.368. The van der Waals surface area contributed by atoms with Crippen LogP contribution in [0.4, 0.5) is 10.1 Å². The maximum atomic E-state index is 13.2. The van der Waals surface area contributed by atoms with Crippen molar-refractivity contribution in [2.45, 2.75) is 6.42 Å². The largest absolute Gasteiger partial charge is 1.00 e. The van der Waals surface area contributed by atoms with Crippen molar-refractivity contribution < 1.29 is 31.6 Å². The SMILES string of the molecule is CN(C)CCCN(C(=O)c1ccc([N+](=O)[O-])s1)c1nc2cc3c(cc2s1)OCCO3.[Cl-]. The van der Waals surface area contributed by atoms with Gasteiger partial charge in [-0.3, -0.25) is 19.8 Å². The minimum absolute atomic E-state index is 0. The summed E-state index contributed by atoms with van der Waals surface area (Å²) in [6.07, 6.45) is 0.741. The molecule has 1 amide bonds. The molecule has 3 heterocycles. The van der Waals surface area contributed by atoms with Gasteiger partial charge in [0.1, 0.15) is 13.2 Å². The number of thiazole rings is 1. The number of amides is 1. The van der Waals surface area contributed by atoms with E-state index in [4.69, 9.17) is 9.47 Å². The van der Waals surface area contributed by atoms with Gasteiger partial charge in [-0.1, -0.05) is 22.7 Å². The van der Waals surface area contributed by atoms with Crippen molar-refractivity contribution in [3.63, 3.8) is 0 Å².